The van der Waals surface area contributed by atoms with Crippen LogP contribution in [0.2, 0.25) is 0 Å². The normalized spacial score (nSPS) is 11.6. The van der Waals surface area contributed by atoms with Gasteiger partial charge in [-0.05, 0) is 72.8 Å². The lowest BCUT2D eigenvalue weighted by Crippen LogP contribution is -2.01. The van der Waals surface area contributed by atoms with Crippen molar-refractivity contribution in [3.63, 3.8) is 0 Å². The fourth-order valence-corrected chi connectivity index (χ4v) is 8.02. The maximum absolute atomic E-state index is 5.15. The third kappa shape index (κ3) is 4.98. The van der Waals surface area contributed by atoms with Crippen LogP contribution < -0.4 is 0 Å². The Hall–Kier alpha value is -7.64. The predicted molar refractivity (Wildman–Crippen MR) is 222 cm³/mol. The van der Waals surface area contributed by atoms with Crippen LogP contribution in [0.15, 0.2) is 188 Å². The van der Waals surface area contributed by atoms with Crippen molar-refractivity contribution in [2.24, 2.45) is 0 Å². The van der Waals surface area contributed by atoms with E-state index in [1.807, 2.05) is 30.5 Å². The Kier molecular flexibility index (Phi) is 7.03. The molecule has 7 nitrogen and oxygen atoms in total. The highest BCUT2D eigenvalue weighted by Crippen LogP contribution is 2.38. The Bertz CT molecular complexity index is 3200. The molecule has 0 N–H and O–H groups in total. The first-order valence-electron chi connectivity index (χ1n) is 18.3. The minimum absolute atomic E-state index is 0.751. The molecule has 5 aromatic heterocycles. The molecule has 0 amide bonds. The third-order valence-corrected chi connectivity index (χ3v) is 10.5. The van der Waals surface area contributed by atoms with Gasteiger partial charge in [-0.2, -0.15) is 0 Å². The van der Waals surface area contributed by atoms with Crippen molar-refractivity contribution in [1.82, 2.24) is 33.9 Å². The zero-order chi connectivity index (χ0) is 36.3. The number of fused-ring (bicyclic) bond motifs is 6. The van der Waals surface area contributed by atoms with Crippen LogP contribution in [0.4, 0.5) is 0 Å². The molecule has 0 saturated carbocycles. The number of benzene rings is 6. The zero-order valence-electron chi connectivity index (χ0n) is 29.5. The van der Waals surface area contributed by atoms with Gasteiger partial charge in [0.2, 0.25) is 0 Å². The number of hydrogen-bond donors (Lipinski definition) is 0. The molecule has 0 bridgehead atoms. The molecule has 0 aliphatic rings. The van der Waals surface area contributed by atoms with E-state index in [-0.39, 0.29) is 0 Å². The summed E-state index contributed by atoms with van der Waals surface area (Å²) in [5, 5.41) is 14.6. The maximum atomic E-state index is 5.15. The molecule has 0 aliphatic carbocycles. The lowest BCUT2D eigenvalue weighted by molar-refractivity contribution is 1.07. The van der Waals surface area contributed by atoms with E-state index in [2.05, 4.69) is 170 Å². The van der Waals surface area contributed by atoms with E-state index in [1.165, 1.54) is 10.8 Å². The second-order valence-electron chi connectivity index (χ2n) is 13.6. The zero-order valence-corrected chi connectivity index (χ0v) is 29.5. The van der Waals surface area contributed by atoms with Crippen LogP contribution in [0.25, 0.3) is 94.8 Å². The first kappa shape index (κ1) is 30.9. The minimum Gasteiger partial charge on any atom is -0.309 e. The minimum atomic E-state index is 0.751. The molecule has 0 atom stereocenters. The van der Waals surface area contributed by atoms with Crippen LogP contribution in [-0.2, 0) is 0 Å². The van der Waals surface area contributed by atoms with Gasteiger partial charge in [0.1, 0.15) is 5.82 Å². The van der Waals surface area contributed by atoms with Crippen molar-refractivity contribution in [3.05, 3.63) is 188 Å². The molecule has 55 heavy (non-hydrogen) atoms. The molecule has 5 heterocycles. The lowest BCUT2D eigenvalue weighted by Gasteiger charge is -2.13. The van der Waals surface area contributed by atoms with Crippen molar-refractivity contribution >= 4 is 43.6 Å². The van der Waals surface area contributed by atoms with Gasteiger partial charge in [0, 0.05) is 62.0 Å². The summed E-state index contributed by atoms with van der Waals surface area (Å²) in [6.07, 6.45) is 3.63. The van der Waals surface area contributed by atoms with Crippen LogP contribution in [0, 0.1) is 0 Å². The van der Waals surface area contributed by atoms with Crippen LogP contribution in [0.5, 0.6) is 0 Å². The number of nitrogens with zero attached hydrogens (tertiary/aromatic N) is 7. The van der Waals surface area contributed by atoms with Crippen molar-refractivity contribution < 1.29 is 0 Å². The molecule has 0 aliphatic heterocycles. The van der Waals surface area contributed by atoms with E-state index >= 15 is 0 Å². The van der Waals surface area contributed by atoms with Crippen LogP contribution in [0.1, 0.15) is 0 Å². The molecule has 258 valence electrons. The summed E-state index contributed by atoms with van der Waals surface area (Å²) in [5.74, 6) is 2.34. The summed E-state index contributed by atoms with van der Waals surface area (Å²) in [7, 11) is 0. The monoisotopic (exact) mass is 705 g/mol. The molecule has 0 fully saturated rings. The second-order valence-corrected chi connectivity index (χ2v) is 13.6. The SMILES string of the molecule is c1ccc(-n2c(-c3ccc4c5ccccc5n(-c5ccccc5)c4c3)nnc2-c2ccc3c4ccccc4n(-c4cccc(-c5cccnc5)n4)c3c2)cc1. The van der Waals surface area contributed by atoms with Gasteiger partial charge in [0.15, 0.2) is 11.6 Å². The topological polar surface area (TPSA) is 66.3 Å². The van der Waals surface area contributed by atoms with E-state index in [0.29, 0.717) is 0 Å². The van der Waals surface area contributed by atoms with Crippen LogP contribution >= 0.6 is 0 Å². The number of rotatable bonds is 6. The molecule has 11 rings (SSSR count). The van der Waals surface area contributed by atoms with Crippen LogP contribution in [-0.4, -0.2) is 33.9 Å². The summed E-state index contributed by atoms with van der Waals surface area (Å²) in [6, 6.07) is 61.3. The van der Waals surface area contributed by atoms with E-state index in [1.54, 1.807) is 6.20 Å². The molecule has 0 spiro atoms. The second kappa shape index (κ2) is 12.5. The maximum Gasteiger partial charge on any atom is 0.168 e. The molecule has 7 heteroatoms. The van der Waals surface area contributed by atoms with Crippen molar-refractivity contribution in [2.75, 3.05) is 0 Å². The quantitative estimate of drug-likeness (QED) is 0.173. The van der Waals surface area contributed by atoms with Crippen molar-refractivity contribution in [3.8, 4) is 51.2 Å². The molecule has 0 radical (unpaired) electrons. The molecular weight excluding hydrogens is 675 g/mol. The van der Waals surface area contributed by atoms with Crippen molar-refractivity contribution in [2.45, 2.75) is 0 Å². The molecule has 6 aromatic carbocycles. The number of para-hydroxylation sites is 4. The van der Waals surface area contributed by atoms with Gasteiger partial charge in [-0.1, -0.05) is 103 Å². The highest BCUT2D eigenvalue weighted by molar-refractivity contribution is 6.11. The first-order valence-corrected chi connectivity index (χ1v) is 18.3. The Labute approximate surface area is 316 Å². The predicted octanol–water partition coefficient (Wildman–Crippen LogP) is 11.3. The summed E-state index contributed by atoms with van der Waals surface area (Å²) in [6.45, 7) is 0. The average Bonchev–Trinajstić information content (AvgIpc) is 3.95. The fraction of sp³-hybridized carbons (Fsp3) is 0. The molecule has 0 unspecified atom stereocenters. The highest BCUT2D eigenvalue weighted by Gasteiger charge is 2.22. The van der Waals surface area contributed by atoms with Gasteiger partial charge in [0.25, 0.3) is 0 Å². The van der Waals surface area contributed by atoms with Gasteiger partial charge in [-0.3, -0.25) is 14.1 Å². The summed E-state index contributed by atoms with van der Waals surface area (Å²) in [4.78, 5) is 9.49. The van der Waals surface area contributed by atoms with Gasteiger partial charge >= 0.3 is 0 Å². The average molecular weight is 706 g/mol. The first-order chi connectivity index (χ1) is 27.3. The van der Waals surface area contributed by atoms with E-state index in [9.17, 15) is 0 Å². The summed E-state index contributed by atoms with van der Waals surface area (Å²) < 4.78 is 6.75. The molecular formula is C48H31N7. The number of hydrogen-bond acceptors (Lipinski definition) is 4. The Morgan fingerprint density at radius 3 is 1.53 bits per heavy atom. The van der Waals surface area contributed by atoms with E-state index in [4.69, 9.17) is 15.2 Å². The largest absolute Gasteiger partial charge is 0.309 e. The van der Waals surface area contributed by atoms with Gasteiger partial charge in [0.05, 0.1) is 27.8 Å². The van der Waals surface area contributed by atoms with Crippen LogP contribution in [0.3, 0.4) is 0 Å². The van der Waals surface area contributed by atoms with E-state index < -0.39 is 0 Å². The fourth-order valence-electron chi connectivity index (χ4n) is 8.02. The third-order valence-electron chi connectivity index (χ3n) is 10.5. The van der Waals surface area contributed by atoms with Gasteiger partial charge in [-0.15, -0.1) is 10.2 Å². The van der Waals surface area contributed by atoms with Gasteiger partial charge in [-0.25, -0.2) is 4.98 Å². The van der Waals surface area contributed by atoms with E-state index in [0.717, 1.165) is 84.1 Å². The Morgan fingerprint density at radius 2 is 0.909 bits per heavy atom. The number of aromatic nitrogens is 7. The summed E-state index contributed by atoms with van der Waals surface area (Å²) >= 11 is 0. The Morgan fingerprint density at radius 1 is 0.364 bits per heavy atom. The molecule has 11 aromatic rings. The number of pyridine rings is 2. The lowest BCUT2D eigenvalue weighted by atomic mass is 10.1. The Balaban J connectivity index is 1.12. The standard InChI is InChI=1S/C48H31N7/c1-3-14-35(15-4-1)53-42-21-9-7-18-37(42)39-26-24-32(29-44(39)53)47-51-52-48(54(47)36-16-5-2-6-17-36)33-25-27-40-38-19-8-10-22-43(38)55(45(40)30-33)46-23-11-20-41(50-46)34-13-12-28-49-31-34/h1-31H. The summed E-state index contributed by atoms with van der Waals surface area (Å²) in [5.41, 5.74) is 10.2. The molecule has 0 saturated heterocycles. The highest BCUT2D eigenvalue weighted by atomic mass is 15.3. The van der Waals surface area contributed by atoms with Crippen molar-refractivity contribution in [1.29, 1.82) is 0 Å². The van der Waals surface area contributed by atoms with Gasteiger partial charge < -0.3 is 4.57 Å². The smallest absolute Gasteiger partial charge is 0.168 e.